The van der Waals surface area contributed by atoms with Crippen molar-refractivity contribution in [3.63, 3.8) is 0 Å². The Morgan fingerprint density at radius 3 is 2.32 bits per heavy atom. The lowest BCUT2D eigenvalue weighted by Gasteiger charge is -2.32. The number of hydrogen-bond donors (Lipinski definition) is 0. The monoisotopic (exact) mass is 464 g/mol. The van der Waals surface area contributed by atoms with Crippen LogP contribution in [0.4, 0.5) is 23.2 Å². The molecule has 2 rings (SSSR count). The molecular formula is C20H24F4N2O4S. The summed E-state index contributed by atoms with van der Waals surface area (Å²) in [6.07, 6.45) is 1.65. The number of benzene rings is 1. The fraction of sp³-hybridized carbons (Fsp3) is 0.500. The van der Waals surface area contributed by atoms with Gasteiger partial charge in [-0.05, 0) is 39.8 Å². The summed E-state index contributed by atoms with van der Waals surface area (Å²) >= 11 is 1.37. The molecule has 1 atom stereocenters. The molecule has 0 aliphatic rings. The molecular weight excluding hydrogens is 440 g/mol. The van der Waals surface area contributed by atoms with Crippen molar-refractivity contribution in [2.75, 3.05) is 4.90 Å². The van der Waals surface area contributed by atoms with Gasteiger partial charge in [0.2, 0.25) is 0 Å². The van der Waals surface area contributed by atoms with Gasteiger partial charge < -0.3 is 19.1 Å². The third-order valence-corrected chi connectivity index (χ3v) is 4.68. The number of rotatable bonds is 10. The maximum absolute atomic E-state index is 12.8. The SMILES string of the molecule is CC(CC(=O)OC(C)(C)C)N(Cc1cncs1)c1ccc(OC(F)F)c(OC(F)F)c1. The van der Waals surface area contributed by atoms with E-state index < -0.39 is 42.3 Å². The average Bonchev–Trinajstić information content (AvgIpc) is 3.11. The zero-order chi connectivity index (χ0) is 23.2. The summed E-state index contributed by atoms with van der Waals surface area (Å²) in [6.45, 7) is 0.885. The molecule has 0 N–H and O–H groups in total. The first kappa shape index (κ1) is 24.7. The Morgan fingerprint density at radius 1 is 1.13 bits per heavy atom. The van der Waals surface area contributed by atoms with Gasteiger partial charge in [0.05, 0.1) is 18.5 Å². The van der Waals surface area contributed by atoms with Crippen LogP contribution in [-0.2, 0) is 16.1 Å². The van der Waals surface area contributed by atoms with Crippen molar-refractivity contribution in [1.29, 1.82) is 0 Å². The van der Waals surface area contributed by atoms with Crippen LogP contribution in [0.5, 0.6) is 11.5 Å². The number of ether oxygens (including phenoxy) is 3. The highest BCUT2D eigenvalue weighted by atomic mass is 32.1. The Morgan fingerprint density at radius 2 is 1.77 bits per heavy atom. The Hall–Kier alpha value is -2.56. The van der Waals surface area contributed by atoms with Gasteiger partial charge in [0.1, 0.15) is 5.60 Å². The van der Waals surface area contributed by atoms with E-state index in [2.05, 4.69) is 14.5 Å². The minimum atomic E-state index is -3.23. The van der Waals surface area contributed by atoms with Crippen molar-refractivity contribution in [2.45, 2.75) is 65.5 Å². The van der Waals surface area contributed by atoms with E-state index in [4.69, 9.17) is 4.74 Å². The van der Waals surface area contributed by atoms with Crippen LogP contribution in [0.15, 0.2) is 29.9 Å². The van der Waals surface area contributed by atoms with Crippen molar-refractivity contribution < 1.29 is 36.6 Å². The van der Waals surface area contributed by atoms with E-state index in [-0.39, 0.29) is 6.42 Å². The first-order valence-corrected chi connectivity index (χ1v) is 10.2. The number of nitrogens with zero attached hydrogens (tertiary/aromatic N) is 2. The van der Waals surface area contributed by atoms with Gasteiger partial charge in [-0.25, -0.2) is 0 Å². The highest BCUT2D eigenvalue weighted by molar-refractivity contribution is 7.09. The number of halogens is 4. The maximum Gasteiger partial charge on any atom is 0.387 e. The van der Waals surface area contributed by atoms with Crippen LogP contribution < -0.4 is 14.4 Å². The summed E-state index contributed by atoms with van der Waals surface area (Å²) in [5.74, 6) is -1.49. The summed E-state index contributed by atoms with van der Waals surface area (Å²) in [5.41, 5.74) is 1.35. The van der Waals surface area contributed by atoms with Gasteiger partial charge in [-0.1, -0.05) is 0 Å². The smallest absolute Gasteiger partial charge is 0.387 e. The maximum atomic E-state index is 12.8. The van der Waals surface area contributed by atoms with Crippen molar-refractivity contribution in [1.82, 2.24) is 4.98 Å². The quantitative estimate of drug-likeness (QED) is 0.343. The lowest BCUT2D eigenvalue weighted by molar-refractivity contribution is -0.155. The van der Waals surface area contributed by atoms with Crippen molar-refractivity contribution >= 4 is 23.0 Å². The average molecular weight is 464 g/mol. The molecule has 0 amide bonds. The third kappa shape index (κ3) is 8.23. The summed E-state index contributed by atoms with van der Waals surface area (Å²) in [4.78, 5) is 18.9. The molecule has 1 unspecified atom stereocenters. The van der Waals surface area contributed by atoms with Gasteiger partial charge in [0, 0.05) is 28.9 Å². The number of alkyl halides is 4. The van der Waals surface area contributed by atoms with E-state index in [0.717, 1.165) is 10.9 Å². The van der Waals surface area contributed by atoms with Crippen molar-refractivity contribution in [2.24, 2.45) is 0 Å². The predicted octanol–water partition coefficient (Wildman–Crippen LogP) is 5.47. The number of hydrogen-bond acceptors (Lipinski definition) is 7. The van der Waals surface area contributed by atoms with Crippen LogP contribution in [0.25, 0.3) is 0 Å². The fourth-order valence-electron chi connectivity index (χ4n) is 2.78. The summed E-state index contributed by atoms with van der Waals surface area (Å²) in [6, 6.07) is 3.32. The van der Waals surface area contributed by atoms with Crippen LogP contribution in [0.2, 0.25) is 0 Å². The number of thiazole rings is 1. The molecule has 0 bridgehead atoms. The number of carbonyl (C=O) groups is 1. The normalized spacial score (nSPS) is 12.7. The van der Waals surface area contributed by atoms with Gasteiger partial charge in [-0.15, -0.1) is 11.3 Å². The molecule has 11 heteroatoms. The number of esters is 1. The van der Waals surface area contributed by atoms with Crippen LogP contribution in [-0.4, -0.2) is 35.8 Å². The molecule has 1 aromatic heterocycles. The molecule has 0 spiro atoms. The number of carbonyl (C=O) groups excluding carboxylic acids is 1. The van der Waals surface area contributed by atoms with Gasteiger partial charge >= 0.3 is 19.2 Å². The minimum absolute atomic E-state index is 0.0103. The summed E-state index contributed by atoms with van der Waals surface area (Å²) < 4.78 is 64.9. The number of anilines is 1. The lowest BCUT2D eigenvalue weighted by atomic mass is 10.1. The molecule has 0 fully saturated rings. The minimum Gasteiger partial charge on any atom is -0.460 e. The molecule has 0 radical (unpaired) electrons. The molecule has 0 aliphatic carbocycles. The summed E-state index contributed by atoms with van der Waals surface area (Å²) in [5, 5.41) is 0. The standard InChI is InChI=1S/C20H24F4N2O4S/c1-12(7-17(27)30-20(2,3)4)26(10-14-9-25-11-31-14)13-5-6-15(28-18(21)22)16(8-13)29-19(23)24/h5-6,8-9,11-12,18-19H,7,10H2,1-4H3. The van der Waals surface area contributed by atoms with Crippen LogP contribution in [0.1, 0.15) is 39.0 Å². The Bertz CT molecular complexity index is 844. The molecule has 1 aromatic carbocycles. The zero-order valence-corrected chi connectivity index (χ0v) is 18.3. The van der Waals surface area contributed by atoms with Crippen LogP contribution in [0, 0.1) is 0 Å². The van der Waals surface area contributed by atoms with Gasteiger partial charge in [-0.2, -0.15) is 17.6 Å². The molecule has 2 aromatic rings. The first-order valence-electron chi connectivity index (χ1n) is 9.34. The zero-order valence-electron chi connectivity index (χ0n) is 17.5. The Kier molecular flexibility index (Phi) is 8.49. The molecule has 6 nitrogen and oxygen atoms in total. The molecule has 0 saturated carbocycles. The van der Waals surface area contributed by atoms with Crippen LogP contribution in [0.3, 0.4) is 0 Å². The molecule has 0 saturated heterocycles. The van der Waals surface area contributed by atoms with E-state index in [1.165, 1.54) is 23.5 Å². The van der Waals surface area contributed by atoms with E-state index in [0.29, 0.717) is 12.2 Å². The molecule has 172 valence electrons. The van der Waals surface area contributed by atoms with Gasteiger partial charge in [0.15, 0.2) is 11.5 Å². The van der Waals surface area contributed by atoms with Crippen molar-refractivity contribution in [3.8, 4) is 11.5 Å². The van der Waals surface area contributed by atoms with E-state index >= 15 is 0 Å². The number of aromatic nitrogens is 1. The second-order valence-corrected chi connectivity index (χ2v) is 8.59. The Labute approximate surface area is 181 Å². The fourth-order valence-corrected chi connectivity index (χ4v) is 3.37. The van der Waals surface area contributed by atoms with E-state index in [1.807, 2.05) is 0 Å². The second kappa shape index (κ2) is 10.7. The third-order valence-electron chi connectivity index (χ3n) is 3.91. The van der Waals surface area contributed by atoms with Crippen LogP contribution >= 0.6 is 11.3 Å². The van der Waals surface area contributed by atoms with Gasteiger partial charge in [0.25, 0.3) is 0 Å². The topological polar surface area (TPSA) is 60.9 Å². The second-order valence-electron chi connectivity index (χ2n) is 7.62. The van der Waals surface area contributed by atoms with E-state index in [9.17, 15) is 22.4 Å². The predicted molar refractivity (Wildman–Crippen MR) is 108 cm³/mol. The summed E-state index contributed by atoms with van der Waals surface area (Å²) in [7, 11) is 0. The Balaban J connectivity index is 2.35. The molecule has 0 aliphatic heterocycles. The highest BCUT2D eigenvalue weighted by Gasteiger charge is 2.25. The largest absolute Gasteiger partial charge is 0.460 e. The van der Waals surface area contributed by atoms with Gasteiger partial charge in [-0.3, -0.25) is 9.78 Å². The molecule has 1 heterocycles. The van der Waals surface area contributed by atoms with Crippen molar-refractivity contribution in [3.05, 3.63) is 34.8 Å². The highest BCUT2D eigenvalue weighted by Crippen LogP contribution is 2.36. The molecule has 31 heavy (non-hydrogen) atoms. The first-order chi connectivity index (χ1) is 14.4. The lowest BCUT2D eigenvalue weighted by Crippen LogP contribution is -2.36. The van der Waals surface area contributed by atoms with E-state index in [1.54, 1.807) is 44.3 Å².